The van der Waals surface area contributed by atoms with Crippen LogP contribution in [-0.4, -0.2) is 140 Å². The molecule has 1 atom stereocenters. The Bertz CT molecular complexity index is 3900. The van der Waals surface area contributed by atoms with Crippen LogP contribution in [0.15, 0.2) is 188 Å². The summed E-state index contributed by atoms with van der Waals surface area (Å²) < 4.78 is 3.17. The van der Waals surface area contributed by atoms with Crippen molar-refractivity contribution in [2.45, 2.75) is 12.5 Å². The van der Waals surface area contributed by atoms with Crippen molar-refractivity contribution in [3.63, 3.8) is 0 Å². The molecule has 6 aromatic heterocycles. The van der Waals surface area contributed by atoms with Crippen molar-refractivity contribution >= 4 is 140 Å². The SMILES string of the molecule is CN(C)[C@@H]1CCN(C(=O)c2ccc(Nc3nccc(-c4ccc(Br)s4)n3)cc2)C1.O=C(NCCO)c1ccc(Nc2nccc(-c3ccc(Br)s3)n2)cc1.O=C(c1ccc(Nc2nccc(-c3ccc(Br)s3)n2)cc1)N1CCN(c2ccccc2)CC1. The zero-order valence-corrected chi connectivity index (χ0v) is 54.4. The molecular formula is C63H59Br3N14O4S3. The number of aliphatic hydroxyl groups is 1. The smallest absolute Gasteiger partial charge is 0.253 e. The second-order valence-electron chi connectivity index (χ2n) is 20.0. The summed E-state index contributed by atoms with van der Waals surface area (Å²) in [6.07, 6.45) is 6.21. The summed E-state index contributed by atoms with van der Waals surface area (Å²) >= 11 is 15.3. The van der Waals surface area contributed by atoms with E-state index in [1.165, 1.54) is 5.69 Å². The third-order valence-corrected chi connectivity index (χ3v) is 18.8. The molecule has 0 aliphatic carbocycles. The van der Waals surface area contributed by atoms with E-state index in [2.05, 4.69) is 135 Å². The Kier molecular flexibility index (Phi) is 21.6. The molecule has 24 heteroatoms. The molecule has 12 rings (SSSR count). The number of rotatable bonds is 16. The first kappa shape index (κ1) is 62.2. The van der Waals surface area contributed by atoms with Gasteiger partial charge in [0, 0.05) is 110 Å². The topological polar surface area (TPSA) is 210 Å². The third kappa shape index (κ3) is 17.3. The van der Waals surface area contributed by atoms with Gasteiger partial charge in [0.05, 0.1) is 49.7 Å². The normalized spacial score (nSPS) is 13.7. The Hall–Kier alpha value is -7.81. The Morgan fingerprint density at radius 3 is 1.31 bits per heavy atom. The summed E-state index contributed by atoms with van der Waals surface area (Å²) in [4.78, 5) is 75.6. The molecule has 87 heavy (non-hydrogen) atoms. The largest absolute Gasteiger partial charge is 0.395 e. The molecule has 0 bridgehead atoms. The van der Waals surface area contributed by atoms with E-state index >= 15 is 0 Å². The van der Waals surface area contributed by atoms with Crippen LogP contribution >= 0.6 is 81.8 Å². The number of nitrogens with one attached hydrogen (secondary N) is 4. The van der Waals surface area contributed by atoms with Crippen molar-refractivity contribution < 1.29 is 19.5 Å². The molecule has 2 saturated heterocycles. The maximum atomic E-state index is 13.0. The molecule has 2 aliphatic heterocycles. The number of benzene rings is 4. The first-order chi connectivity index (χ1) is 42.3. The van der Waals surface area contributed by atoms with Gasteiger partial charge in [0.15, 0.2) is 0 Å². The minimum absolute atomic E-state index is 0.0655. The van der Waals surface area contributed by atoms with Gasteiger partial charge in [-0.15, -0.1) is 34.0 Å². The van der Waals surface area contributed by atoms with Crippen LogP contribution < -0.4 is 26.2 Å². The van der Waals surface area contributed by atoms with Crippen LogP contribution in [-0.2, 0) is 0 Å². The number of hydrogen-bond acceptors (Lipinski definition) is 18. The summed E-state index contributed by atoms with van der Waals surface area (Å²) in [5, 5.41) is 20.9. The summed E-state index contributed by atoms with van der Waals surface area (Å²) in [5.74, 6) is 1.47. The van der Waals surface area contributed by atoms with Gasteiger partial charge < -0.3 is 46.0 Å². The predicted octanol–water partition coefficient (Wildman–Crippen LogP) is 13.6. The van der Waals surface area contributed by atoms with Crippen LogP contribution in [0.1, 0.15) is 37.5 Å². The number of carbonyl (C=O) groups excluding carboxylic acids is 3. The molecule has 0 unspecified atom stereocenters. The van der Waals surface area contributed by atoms with Crippen LogP contribution in [0.4, 0.5) is 40.6 Å². The van der Waals surface area contributed by atoms with Crippen molar-refractivity contribution in [1.29, 1.82) is 0 Å². The molecule has 2 aliphatic rings. The van der Waals surface area contributed by atoms with E-state index < -0.39 is 0 Å². The van der Waals surface area contributed by atoms with Gasteiger partial charge in [-0.3, -0.25) is 14.4 Å². The fourth-order valence-electron chi connectivity index (χ4n) is 9.30. The molecule has 0 saturated carbocycles. The minimum atomic E-state index is -0.220. The average Bonchev–Trinajstić information content (AvgIpc) is 4.57. The van der Waals surface area contributed by atoms with Crippen LogP contribution in [0, 0.1) is 0 Å². The van der Waals surface area contributed by atoms with Crippen molar-refractivity contribution in [2.24, 2.45) is 0 Å². The second kappa shape index (κ2) is 30.2. The number of aliphatic hydroxyl groups excluding tert-OH is 1. The second-order valence-corrected chi connectivity index (χ2v) is 27.4. The molecule has 2 fully saturated rings. The maximum absolute atomic E-state index is 13.0. The van der Waals surface area contributed by atoms with Crippen LogP contribution in [0.25, 0.3) is 31.7 Å². The number of carbonyl (C=O) groups is 3. The molecular weight excluding hydrogens is 1350 g/mol. The predicted molar refractivity (Wildman–Crippen MR) is 360 cm³/mol. The lowest BCUT2D eigenvalue weighted by atomic mass is 10.1. The fraction of sp³-hybridized carbons (Fsp3) is 0.190. The van der Waals surface area contributed by atoms with Crippen molar-refractivity contribution in [3.05, 3.63) is 204 Å². The van der Waals surface area contributed by atoms with E-state index in [4.69, 9.17) is 5.11 Å². The van der Waals surface area contributed by atoms with Gasteiger partial charge in [-0.2, -0.15) is 0 Å². The summed E-state index contributed by atoms with van der Waals surface area (Å²) in [7, 11) is 4.13. The van der Waals surface area contributed by atoms with Crippen molar-refractivity contribution in [2.75, 3.05) is 87.4 Å². The number of piperazine rings is 1. The van der Waals surface area contributed by atoms with Gasteiger partial charge in [-0.25, -0.2) is 29.9 Å². The summed E-state index contributed by atoms with van der Waals surface area (Å²) in [5.41, 5.74) is 8.16. The number of halogens is 3. The maximum Gasteiger partial charge on any atom is 0.253 e. The lowest BCUT2D eigenvalue weighted by Gasteiger charge is -2.36. The molecule has 8 heterocycles. The first-order valence-electron chi connectivity index (χ1n) is 27.6. The number of amides is 3. The number of nitrogens with zero attached hydrogens (tertiary/aromatic N) is 10. The van der Waals surface area contributed by atoms with Gasteiger partial charge in [0.25, 0.3) is 17.7 Å². The van der Waals surface area contributed by atoms with Crippen LogP contribution in [0.3, 0.4) is 0 Å². The number of likely N-dealkylation sites (N-methyl/N-ethyl adjacent to an activating group) is 1. The Morgan fingerprint density at radius 1 is 0.517 bits per heavy atom. The Morgan fingerprint density at radius 2 is 0.931 bits per heavy atom. The van der Waals surface area contributed by atoms with Gasteiger partial charge >= 0.3 is 0 Å². The van der Waals surface area contributed by atoms with E-state index in [1.807, 2.05) is 131 Å². The van der Waals surface area contributed by atoms with Crippen molar-refractivity contribution in [3.8, 4) is 31.7 Å². The zero-order chi connectivity index (χ0) is 60.7. The number of hydrogen-bond donors (Lipinski definition) is 5. The monoisotopic (exact) mass is 1410 g/mol. The van der Waals surface area contributed by atoms with Gasteiger partial charge in [0.1, 0.15) is 0 Å². The van der Waals surface area contributed by atoms with E-state index in [0.29, 0.717) is 53.7 Å². The number of likely N-dealkylation sites (tertiary alicyclic amines) is 1. The molecule has 0 spiro atoms. The number of aromatic nitrogens is 6. The van der Waals surface area contributed by atoms with Crippen LogP contribution in [0.5, 0.6) is 0 Å². The molecule has 5 N–H and O–H groups in total. The highest BCUT2D eigenvalue weighted by atomic mass is 79.9. The number of anilines is 7. The zero-order valence-electron chi connectivity index (χ0n) is 47.2. The average molecular weight is 1410 g/mol. The molecule has 18 nitrogen and oxygen atoms in total. The molecule has 10 aromatic rings. The van der Waals surface area contributed by atoms with E-state index in [-0.39, 0.29) is 30.9 Å². The molecule has 3 amide bonds. The van der Waals surface area contributed by atoms with E-state index in [1.54, 1.807) is 76.9 Å². The Labute approximate surface area is 541 Å². The number of thiophene rings is 3. The highest BCUT2D eigenvalue weighted by Gasteiger charge is 2.28. The Balaban J connectivity index is 0.000000146. The fourth-order valence-corrected chi connectivity index (χ4v) is 13.4. The van der Waals surface area contributed by atoms with Crippen molar-refractivity contribution in [1.82, 2.24) is 49.9 Å². The standard InChI is InChI=1S/C25H22BrN5OS.C21H22BrN5OS.C17H15BrN4O2S/c26-23-11-10-22(33-23)21-12-13-27-25(29-21)28-19-8-6-18(7-9-19)24(32)31-16-14-30(15-17-31)20-4-2-1-3-5-20;1-26(2)16-10-12-27(13-16)20(28)14-3-5-15(6-4-14)24-21-23-11-9-17(25-21)18-7-8-19(22)29-18;18-15-6-5-14(25-15)13-7-8-20-17(22-13)21-12-3-1-11(2-4-12)16(24)19-9-10-23/h1-13H,14-17H2,(H,27,28,29);3-9,11,16H,10,12-13H2,1-2H3,(H,23,24,25);1-8,23H,9-10H2,(H,19,24)(H,20,21,22)/t;16-;/m.1./s1. The molecule has 4 aromatic carbocycles. The summed E-state index contributed by atoms with van der Waals surface area (Å²) in [6, 6.07) is 50.4. The summed E-state index contributed by atoms with van der Waals surface area (Å²) in [6.45, 7) is 4.85. The molecule has 0 radical (unpaired) electrons. The lowest BCUT2D eigenvalue weighted by molar-refractivity contribution is 0.0745. The highest BCUT2D eigenvalue weighted by molar-refractivity contribution is 9.11. The lowest BCUT2D eigenvalue weighted by Crippen LogP contribution is -2.48. The van der Waals surface area contributed by atoms with E-state index in [0.717, 1.165) is 92.7 Å². The van der Waals surface area contributed by atoms with Gasteiger partial charge in [0.2, 0.25) is 17.8 Å². The third-order valence-electron chi connectivity index (χ3n) is 13.9. The van der Waals surface area contributed by atoms with Crippen LogP contribution in [0.2, 0.25) is 0 Å². The highest BCUT2D eigenvalue weighted by Crippen LogP contribution is 2.33. The quantitative estimate of drug-likeness (QED) is 0.0609. The number of para-hydroxylation sites is 1. The van der Waals surface area contributed by atoms with Gasteiger partial charge in [-0.1, -0.05) is 18.2 Å². The molecule has 444 valence electrons. The van der Waals surface area contributed by atoms with Gasteiger partial charge in [-0.05, 0) is 208 Å². The minimum Gasteiger partial charge on any atom is -0.395 e. The van der Waals surface area contributed by atoms with E-state index in [9.17, 15) is 14.4 Å². The first-order valence-corrected chi connectivity index (χ1v) is 32.4.